The summed E-state index contributed by atoms with van der Waals surface area (Å²) in [6.07, 6.45) is 2.63. The normalized spacial score (nSPS) is 28.4. The summed E-state index contributed by atoms with van der Waals surface area (Å²) >= 11 is 0. The number of nitrogens with zero attached hydrogens (tertiary/aromatic N) is 1. The van der Waals surface area contributed by atoms with Gasteiger partial charge in [0.15, 0.2) is 0 Å². The third-order valence-corrected chi connectivity index (χ3v) is 5.08. The van der Waals surface area contributed by atoms with Crippen LogP contribution in [0.25, 0.3) is 0 Å². The number of anilines is 1. The van der Waals surface area contributed by atoms with Gasteiger partial charge in [-0.05, 0) is 31.4 Å². The van der Waals surface area contributed by atoms with Crippen LogP contribution in [0.1, 0.15) is 44.2 Å². The van der Waals surface area contributed by atoms with Gasteiger partial charge in [-0.2, -0.15) is 0 Å². The quantitative estimate of drug-likeness (QED) is 0.776. The lowest BCUT2D eigenvalue weighted by molar-refractivity contribution is -0.126. The van der Waals surface area contributed by atoms with E-state index in [2.05, 4.69) is 56.2 Å². The van der Waals surface area contributed by atoms with E-state index < -0.39 is 0 Å². The van der Waals surface area contributed by atoms with E-state index in [4.69, 9.17) is 0 Å². The predicted octanol–water partition coefficient (Wildman–Crippen LogP) is 2.72. The molecule has 0 unspecified atom stereocenters. The molecule has 1 atom stereocenters. The van der Waals surface area contributed by atoms with Crippen molar-refractivity contribution in [3.05, 3.63) is 29.3 Å². The molecule has 1 fully saturated rings. The molecule has 1 aromatic carbocycles. The molecule has 0 radical (unpaired) electrons. The summed E-state index contributed by atoms with van der Waals surface area (Å²) in [7, 11) is 2.11. The second kappa shape index (κ2) is 3.75. The Bertz CT molecular complexity index is 550. The van der Waals surface area contributed by atoms with Gasteiger partial charge in [0.05, 0.1) is 0 Å². The molecule has 0 saturated carbocycles. The number of piperidine rings is 1. The molecule has 1 amide bonds. The highest BCUT2D eigenvalue weighted by Crippen LogP contribution is 2.52. The molecule has 0 bridgehead atoms. The molecule has 3 heteroatoms. The summed E-state index contributed by atoms with van der Waals surface area (Å²) in [4.78, 5) is 14.2. The van der Waals surface area contributed by atoms with E-state index >= 15 is 0 Å². The molecule has 3 rings (SSSR count). The Morgan fingerprint density at radius 2 is 2.05 bits per heavy atom. The highest BCUT2D eigenvalue weighted by Gasteiger charge is 2.57. The number of amides is 1. The number of aryl methyl sites for hydroxylation is 1. The Morgan fingerprint density at radius 3 is 2.74 bits per heavy atom. The number of hydrogen-bond donors (Lipinski definition) is 1. The minimum atomic E-state index is -0.265. The maximum absolute atomic E-state index is 11.9. The van der Waals surface area contributed by atoms with E-state index in [1.807, 2.05) is 0 Å². The third-order valence-electron chi connectivity index (χ3n) is 5.08. The van der Waals surface area contributed by atoms with Crippen LogP contribution in [-0.2, 0) is 10.2 Å². The van der Waals surface area contributed by atoms with Crippen LogP contribution in [0.15, 0.2) is 18.2 Å². The number of likely N-dealkylation sites (N-methyl/N-ethyl adjacent to an activating group) is 1. The summed E-state index contributed by atoms with van der Waals surface area (Å²) in [5, 5.41) is 3.29. The van der Waals surface area contributed by atoms with E-state index in [1.54, 1.807) is 0 Å². The first-order valence-corrected chi connectivity index (χ1v) is 7.04. The Balaban J connectivity index is 2.17. The lowest BCUT2D eigenvalue weighted by Gasteiger charge is -2.49. The molecule has 102 valence electrons. The number of benzene rings is 1. The van der Waals surface area contributed by atoms with Crippen LogP contribution >= 0.6 is 0 Å². The van der Waals surface area contributed by atoms with Crippen molar-refractivity contribution in [2.75, 3.05) is 11.9 Å². The lowest BCUT2D eigenvalue weighted by Crippen LogP contribution is -2.67. The van der Waals surface area contributed by atoms with Crippen LogP contribution in [0, 0.1) is 6.92 Å². The van der Waals surface area contributed by atoms with Crippen LogP contribution < -0.4 is 10.2 Å². The maximum Gasteiger partial charge on any atom is 0.221 e. The van der Waals surface area contributed by atoms with Gasteiger partial charge in [-0.3, -0.25) is 4.79 Å². The Morgan fingerprint density at radius 1 is 1.32 bits per heavy atom. The Kier molecular flexibility index (Phi) is 2.47. The zero-order valence-electron chi connectivity index (χ0n) is 12.2. The number of carbonyl (C=O) groups excluding carboxylic acids is 1. The summed E-state index contributed by atoms with van der Waals surface area (Å²) in [5.41, 5.74) is 3.53. The number of rotatable bonds is 0. The van der Waals surface area contributed by atoms with Gasteiger partial charge < -0.3 is 10.2 Å². The van der Waals surface area contributed by atoms with Crippen molar-refractivity contribution in [3.8, 4) is 0 Å². The van der Waals surface area contributed by atoms with E-state index in [1.165, 1.54) is 16.8 Å². The minimum absolute atomic E-state index is 0.0703. The molecule has 2 aliphatic heterocycles. The van der Waals surface area contributed by atoms with E-state index in [0.717, 1.165) is 12.8 Å². The average molecular weight is 258 g/mol. The fraction of sp³-hybridized carbons (Fsp3) is 0.562. The number of fused-ring (bicyclic) bond motifs is 1. The van der Waals surface area contributed by atoms with Crippen molar-refractivity contribution in [1.82, 2.24) is 5.32 Å². The number of hydrogen-bond acceptors (Lipinski definition) is 2. The van der Waals surface area contributed by atoms with Crippen molar-refractivity contribution in [1.29, 1.82) is 0 Å². The second-order valence-electron chi connectivity index (χ2n) is 6.47. The molecule has 19 heavy (non-hydrogen) atoms. The first-order valence-electron chi connectivity index (χ1n) is 7.04. The Hall–Kier alpha value is -1.51. The largest absolute Gasteiger partial charge is 0.351 e. The predicted molar refractivity (Wildman–Crippen MR) is 77.3 cm³/mol. The van der Waals surface area contributed by atoms with Gasteiger partial charge in [0.1, 0.15) is 5.66 Å². The van der Waals surface area contributed by atoms with E-state index in [-0.39, 0.29) is 17.0 Å². The van der Waals surface area contributed by atoms with Gasteiger partial charge in [0, 0.05) is 24.6 Å². The molecule has 1 spiro atoms. The van der Waals surface area contributed by atoms with Gasteiger partial charge in [-0.1, -0.05) is 31.5 Å². The number of nitrogens with one attached hydrogen (secondary N) is 1. The van der Waals surface area contributed by atoms with Crippen LogP contribution in [0.5, 0.6) is 0 Å². The topological polar surface area (TPSA) is 32.3 Å². The molecular weight excluding hydrogens is 236 g/mol. The third kappa shape index (κ3) is 1.47. The van der Waals surface area contributed by atoms with E-state index in [0.29, 0.717) is 6.42 Å². The fourth-order valence-corrected chi connectivity index (χ4v) is 3.87. The molecule has 0 aliphatic carbocycles. The van der Waals surface area contributed by atoms with Gasteiger partial charge in [-0.25, -0.2) is 0 Å². The van der Waals surface area contributed by atoms with Crippen LogP contribution in [-0.4, -0.2) is 18.6 Å². The zero-order chi connectivity index (χ0) is 13.8. The highest BCUT2D eigenvalue weighted by molar-refractivity contribution is 5.81. The molecule has 1 N–H and O–H groups in total. The number of carbonyl (C=O) groups is 1. The smallest absolute Gasteiger partial charge is 0.221 e. The minimum Gasteiger partial charge on any atom is -0.351 e. The SMILES string of the molecule is Cc1ccc2c(c1)C(C)(C)[C@@]1(CCCC(=O)N1)N2C. The van der Waals surface area contributed by atoms with Gasteiger partial charge in [0.25, 0.3) is 0 Å². The average Bonchev–Trinajstić information content (AvgIpc) is 2.50. The monoisotopic (exact) mass is 258 g/mol. The van der Waals surface area contributed by atoms with Gasteiger partial charge in [-0.15, -0.1) is 0 Å². The molecular formula is C16H22N2O. The van der Waals surface area contributed by atoms with Gasteiger partial charge >= 0.3 is 0 Å². The van der Waals surface area contributed by atoms with Crippen LogP contribution in [0.4, 0.5) is 5.69 Å². The molecule has 1 saturated heterocycles. The van der Waals surface area contributed by atoms with Crippen molar-refractivity contribution in [3.63, 3.8) is 0 Å². The van der Waals surface area contributed by atoms with Crippen LogP contribution in [0.3, 0.4) is 0 Å². The maximum atomic E-state index is 11.9. The summed E-state index contributed by atoms with van der Waals surface area (Å²) in [6, 6.07) is 6.60. The fourth-order valence-electron chi connectivity index (χ4n) is 3.87. The first-order chi connectivity index (χ1) is 8.88. The van der Waals surface area contributed by atoms with Crippen molar-refractivity contribution < 1.29 is 4.79 Å². The first kappa shape index (κ1) is 12.5. The molecule has 2 heterocycles. The molecule has 0 aromatic heterocycles. The van der Waals surface area contributed by atoms with Crippen LogP contribution in [0.2, 0.25) is 0 Å². The summed E-state index contributed by atoms with van der Waals surface area (Å²) in [6.45, 7) is 6.63. The zero-order valence-corrected chi connectivity index (χ0v) is 12.2. The summed E-state index contributed by atoms with van der Waals surface area (Å²) in [5.74, 6) is 0.177. The molecule has 2 aliphatic rings. The van der Waals surface area contributed by atoms with Crippen molar-refractivity contribution >= 4 is 11.6 Å². The molecule has 3 nitrogen and oxygen atoms in total. The standard InChI is InChI=1S/C16H22N2O/c1-11-7-8-13-12(10-11)15(2,3)16(18(13)4)9-5-6-14(19)17-16/h7-8,10H,5-6,9H2,1-4H3,(H,17,19)/t16-/m1/s1. The lowest BCUT2D eigenvalue weighted by atomic mass is 9.72. The Labute approximate surface area is 115 Å². The van der Waals surface area contributed by atoms with Gasteiger partial charge in [0.2, 0.25) is 5.91 Å². The highest BCUT2D eigenvalue weighted by atomic mass is 16.2. The molecule has 1 aromatic rings. The van der Waals surface area contributed by atoms with E-state index in [9.17, 15) is 4.79 Å². The summed E-state index contributed by atoms with van der Waals surface area (Å²) < 4.78 is 0. The second-order valence-corrected chi connectivity index (χ2v) is 6.47. The van der Waals surface area contributed by atoms with Crippen molar-refractivity contribution in [2.24, 2.45) is 0 Å². The van der Waals surface area contributed by atoms with Crippen molar-refractivity contribution in [2.45, 2.75) is 51.1 Å².